The second-order valence-corrected chi connectivity index (χ2v) is 6.24. The molecular formula is C17H26N2O2. The van der Waals surface area contributed by atoms with Gasteiger partial charge < -0.3 is 14.8 Å². The molecule has 2 aliphatic rings. The van der Waals surface area contributed by atoms with Gasteiger partial charge in [0.1, 0.15) is 0 Å². The molecule has 0 amide bonds. The molecule has 116 valence electrons. The minimum Gasteiger partial charge on any atom is -0.493 e. The summed E-state index contributed by atoms with van der Waals surface area (Å²) in [5.41, 5.74) is 1.26. The van der Waals surface area contributed by atoms with Gasteiger partial charge in [-0.3, -0.25) is 4.90 Å². The van der Waals surface area contributed by atoms with E-state index in [2.05, 4.69) is 22.3 Å². The van der Waals surface area contributed by atoms with Crippen LogP contribution in [-0.2, 0) is 0 Å². The van der Waals surface area contributed by atoms with Gasteiger partial charge in [-0.1, -0.05) is 6.07 Å². The fourth-order valence-corrected chi connectivity index (χ4v) is 3.92. The highest BCUT2D eigenvalue weighted by atomic mass is 16.5. The van der Waals surface area contributed by atoms with E-state index in [-0.39, 0.29) is 0 Å². The van der Waals surface area contributed by atoms with Gasteiger partial charge in [0.25, 0.3) is 0 Å². The number of benzene rings is 1. The number of fused-ring (bicyclic) bond motifs is 2. The number of piperidine rings is 1. The van der Waals surface area contributed by atoms with Crippen molar-refractivity contribution in [3.8, 4) is 11.5 Å². The van der Waals surface area contributed by atoms with Crippen molar-refractivity contribution >= 4 is 0 Å². The molecule has 4 heteroatoms. The van der Waals surface area contributed by atoms with Crippen molar-refractivity contribution < 1.29 is 9.47 Å². The summed E-state index contributed by atoms with van der Waals surface area (Å²) < 4.78 is 10.7. The third kappa shape index (κ3) is 2.87. The Bertz CT molecular complexity index is 492. The summed E-state index contributed by atoms with van der Waals surface area (Å²) in [4.78, 5) is 2.66. The Balaban J connectivity index is 1.73. The van der Waals surface area contributed by atoms with Crippen LogP contribution in [0.1, 0.15) is 30.9 Å². The van der Waals surface area contributed by atoms with Crippen LogP contribution in [0, 0.1) is 5.92 Å². The van der Waals surface area contributed by atoms with Crippen LogP contribution in [0.5, 0.6) is 11.5 Å². The zero-order chi connectivity index (χ0) is 14.8. The van der Waals surface area contributed by atoms with Crippen molar-refractivity contribution in [1.29, 1.82) is 0 Å². The number of ether oxygens (including phenoxy) is 2. The summed E-state index contributed by atoms with van der Waals surface area (Å²) in [6.45, 7) is 2.35. The molecular weight excluding hydrogens is 264 g/mol. The average molecular weight is 290 g/mol. The Labute approximate surface area is 127 Å². The number of likely N-dealkylation sites (N-methyl/N-ethyl adjacent to an activating group) is 1. The highest BCUT2D eigenvalue weighted by Gasteiger charge is 2.38. The van der Waals surface area contributed by atoms with E-state index < -0.39 is 0 Å². The van der Waals surface area contributed by atoms with E-state index in [1.54, 1.807) is 14.2 Å². The maximum absolute atomic E-state index is 5.42. The third-order valence-electron chi connectivity index (χ3n) is 5.10. The fourth-order valence-electron chi connectivity index (χ4n) is 3.92. The van der Waals surface area contributed by atoms with Crippen molar-refractivity contribution in [2.24, 2.45) is 5.92 Å². The maximum Gasteiger partial charge on any atom is 0.161 e. The highest BCUT2D eigenvalue weighted by molar-refractivity contribution is 5.43. The average Bonchev–Trinajstić information content (AvgIpc) is 3.14. The van der Waals surface area contributed by atoms with Crippen molar-refractivity contribution in [3.63, 3.8) is 0 Å². The summed E-state index contributed by atoms with van der Waals surface area (Å²) >= 11 is 0. The number of hydrogen-bond donors (Lipinski definition) is 1. The van der Waals surface area contributed by atoms with Gasteiger partial charge in [0.05, 0.1) is 14.2 Å². The van der Waals surface area contributed by atoms with E-state index in [1.807, 2.05) is 13.1 Å². The van der Waals surface area contributed by atoms with Crippen LogP contribution < -0.4 is 14.8 Å². The predicted molar refractivity (Wildman–Crippen MR) is 84.0 cm³/mol. The van der Waals surface area contributed by atoms with Gasteiger partial charge >= 0.3 is 0 Å². The lowest BCUT2D eigenvalue weighted by molar-refractivity contribution is 0.194. The standard InChI is InChI=1S/C17H26N2O2/c1-18-15(11-19-10-12-4-6-14(19)8-12)13-5-7-16(20-2)17(9-13)21-3/h5,7,9,12,14-15,18H,4,6,8,10-11H2,1-3H3. The normalized spacial score (nSPS) is 26.0. The molecule has 1 aromatic carbocycles. The van der Waals surface area contributed by atoms with E-state index in [9.17, 15) is 0 Å². The Morgan fingerprint density at radius 1 is 1.24 bits per heavy atom. The smallest absolute Gasteiger partial charge is 0.161 e. The first kappa shape index (κ1) is 14.7. The molecule has 4 nitrogen and oxygen atoms in total. The summed E-state index contributed by atoms with van der Waals surface area (Å²) in [5.74, 6) is 2.53. The first-order valence-electron chi connectivity index (χ1n) is 7.88. The van der Waals surface area contributed by atoms with Crippen LogP contribution in [0.2, 0.25) is 0 Å². The zero-order valence-electron chi connectivity index (χ0n) is 13.3. The summed E-state index contributed by atoms with van der Waals surface area (Å²) in [6.07, 6.45) is 4.22. The topological polar surface area (TPSA) is 33.7 Å². The first-order valence-corrected chi connectivity index (χ1v) is 7.88. The molecule has 2 bridgehead atoms. The van der Waals surface area contributed by atoms with Gasteiger partial charge in [0, 0.05) is 25.2 Å². The molecule has 3 atom stereocenters. The molecule has 1 heterocycles. The van der Waals surface area contributed by atoms with E-state index in [1.165, 1.54) is 31.4 Å². The molecule has 1 aromatic rings. The van der Waals surface area contributed by atoms with Crippen molar-refractivity contribution in [1.82, 2.24) is 10.2 Å². The molecule has 21 heavy (non-hydrogen) atoms. The molecule has 0 aromatic heterocycles. The number of nitrogens with zero attached hydrogens (tertiary/aromatic N) is 1. The highest BCUT2D eigenvalue weighted by Crippen LogP contribution is 2.38. The third-order valence-corrected chi connectivity index (χ3v) is 5.10. The van der Waals surface area contributed by atoms with Gasteiger partial charge in [-0.05, 0) is 49.9 Å². The number of rotatable bonds is 6. The second kappa shape index (κ2) is 6.24. The Kier molecular flexibility index (Phi) is 4.36. The van der Waals surface area contributed by atoms with Crippen LogP contribution >= 0.6 is 0 Å². The summed E-state index contributed by atoms with van der Waals surface area (Å²) in [5, 5.41) is 3.46. The first-order chi connectivity index (χ1) is 10.2. The van der Waals surface area contributed by atoms with Gasteiger partial charge in [-0.2, -0.15) is 0 Å². The quantitative estimate of drug-likeness (QED) is 0.872. The zero-order valence-corrected chi connectivity index (χ0v) is 13.3. The van der Waals surface area contributed by atoms with Crippen LogP contribution in [0.15, 0.2) is 18.2 Å². The van der Waals surface area contributed by atoms with Crippen LogP contribution in [-0.4, -0.2) is 45.3 Å². The predicted octanol–water partition coefficient (Wildman–Crippen LogP) is 2.45. The largest absolute Gasteiger partial charge is 0.493 e. The molecule has 1 aliphatic heterocycles. The van der Waals surface area contributed by atoms with Crippen LogP contribution in [0.3, 0.4) is 0 Å². The van der Waals surface area contributed by atoms with E-state index in [4.69, 9.17) is 9.47 Å². The van der Waals surface area contributed by atoms with Crippen molar-refractivity contribution in [3.05, 3.63) is 23.8 Å². The number of methoxy groups -OCH3 is 2. The Hall–Kier alpha value is -1.26. The molecule has 3 rings (SSSR count). The van der Waals surface area contributed by atoms with Crippen LogP contribution in [0.25, 0.3) is 0 Å². The van der Waals surface area contributed by atoms with Gasteiger partial charge in [0.15, 0.2) is 11.5 Å². The molecule has 0 radical (unpaired) electrons. The summed E-state index contributed by atoms with van der Waals surface area (Å²) in [7, 11) is 5.40. The Morgan fingerprint density at radius 3 is 2.62 bits per heavy atom. The lowest BCUT2D eigenvalue weighted by Crippen LogP contribution is -2.38. The molecule has 1 saturated carbocycles. The molecule has 0 spiro atoms. The van der Waals surface area contributed by atoms with Crippen molar-refractivity contribution in [2.45, 2.75) is 31.3 Å². The number of hydrogen-bond acceptors (Lipinski definition) is 4. The van der Waals surface area contributed by atoms with Gasteiger partial charge in [0.2, 0.25) is 0 Å². The molecule has 1 N–H and O–H groups in total. The van der Waals surface area contributed by atoms with E-state index in [0.29, 0.717) is 6.04 Å². The van der Waals surface area contributed by atoms with Crippen molar-refractivity contribution in [2.75, 3.05) is 34.4 Å². The van der Waals surface area contributed by atoms with E-state index in [0.717, 1.165) is 30.0 Å². The molecule has 1 aliphatic carbocycles. The fraction of sp³-hybridized carbons (Fsp3) is 0.647. The molecule has 2 fully saturated rings. The van der Waals surface area contributed by atoms with E-state index >= 15 is 0 Å². The lowest BCUT2D eigenvalue weighted by Gasteiger charge is -2.31. The minimum absolute atomic E-state index is 0.337. The molecule has 1 saturated heterocycles. The number of likely N-dealkylation sites (tertiary alicyclic amines) is 1. The SMILES string of the molecule is CNC(CN1CC2CCC1C2)c1ccc(OC)c(OC)c1. The summed E-state index contributed by atoms with van der Waals surface area (Å²) in [6, 6.07) is 7.37. The van der Waals surface area contributed by atoms with Gasteiger partial charge in [-0.15, -0.1) is 0 Å². The Morgan fingerprint density at radius 2 is 2.05 bits per heavy atom. The lowest BCUT2D eigenvalue weighted by atomic mass is 10.0. The van der Waals surface area contributed by atoms with Gasteiger partial charge in [-0.25, -0.2) is 0 Å². The minimum atomic E-state index is 0.337. The maximum atomic E-state index is 5.42. The molecule has 3 unspecified atom stereocenters. The second-order valence-electron chi connectivity index (χ2n) is 6.24. The monoisotopic (exact) mass is 290 g/mol. The number of nitrogens with one attached hydrogen (secondary N) is 1. The van der Waals surface area contributed by atoms with Crippen LogP contribution in [0.4, 0.5) is 0 Å².